The highest BCUT2D eigenvalue weighted by molar-refractivity contribution is 5.90. The summed E-state index contributed by atoms with van der Waals surface area (Å²) in [6.07, 6.45) is 0. The smallest absolute Gasteiger partial charge is 0.321 e. The fraction of sp³-hybridized carbons (Fsp3) is 0.389. The molecule has 7 nitrogen and oxygen atoms in total. The van der Waals surface area contributed by atoms with Crippen molar-refractivity contribution in [3.8, 4) is 0 Å². The third kappa shape index (κ3) is 3.99. The van der Waals surface area contributed by atoms with Crippen molar-refractivity contribution in [2.45, 2.75) is 6.92 Å². The molecule has 1 saturated heterocycles. The lowest BCUT2D eigenvalue weighted by Gasteiger charge is -2.35. The normalized spacial score (nSPS) is 14.4. The van der Waals surface area contributed by atoms with E-state index in [1.807, 2.05) is 67.2 Å². The lowest BCUT2D eigenvalue weighted by atomic mass is 10.2. The Kier molecular flexibility index (Phi) is 5.02. The molecule has 1 aliphatic rings. The van der Waals surface area contributed by atoms with Crippen LogP contribution in [0.5, 0.6) is 0 Å². The van der Waals surface area contributed by atoms with Crippen LogP contribution in [-0.2, 0) is 0 Å². The van der Waals surface area contributed by atoms with E-state index < -0.39 is 0 Å². The van der Waals surface area contributed by atoms with Crippen molar-refractivity contribution in [1.82, 2.24) is 15.1 Å². The van der Waals surface area contributed by atoms with Crippen LogP contribution in [0.3, 0.4) is 0 Å². The van der Waals surface area contributed by atoms with Crippen molar-refractivity contribution in [3.05, 3.63) is 42.0 Å². The van der Waals surface area contributed by atoms with Gasteiger partial charge in [0.15, 0.2) is 11.6 Å². The molecule has 1 aromatic carbocycles. The number of benzene rings is 1. The molecule has 2 aromatic rings. The van der Waals surface area contributed by atoms with Crippen molar-refractivity contribution in [2.24, 2.45) is 0 Å². The zero-order chi connectivity index (χ0) is 17.8. The molecule has 1 N–H and O–H groups in total. The van der Waals surface area contributed by atoms with E-state index in [-0.39, 0.29) is 6.03 Å². The summed E-state index contributed by atoms with van der Waals surface area (Å²) in [7, 11) is 3.88. The van der Waals surface area contributed by atoms with Crippen LogP contribution >= 0.6 is 0 Å². The standard InChI is InChI=1S/C18H24N6O/c1-14-6-4-5-7-15(14)19-18(25)24-12-10-23(11-13-24)17-9-8-16(20-21-17)22(2)3/h4-9H,10-13H2,1-3H3,(H,19,25). The summed E-state index contributed by atoms with van der Waals surface area (Å²) >= 11 is 0. The third-order valence-corrected chi connectivity index (χ3v) is 4.37. The number of carbonyl (C=O) groups is 1. The summed E-state index contributed by atoms with van der Waals surface area (Å²) in [5, 5.41) is 11.5. The number of aryl methyl sites for hydroxylation is 1. The number of hydrogen-bond acceptors (Lipinski definition) is 5. The summed E-state index contributed by atoms with van der Waals surface area (Å²) in [5.74, 6) is 1.68. The Morgan fingerprint density at radius 2 is 1.76 bits per heavy atom. The maximum absolute atomic E-state index is 12.4. The zero-order valence-corrected chi connectivity index (χ0v) is 14.9. The van der Waals surface area contributed by atoms with E-state index in [2.05, 4.69) is 20.4 Å². The van der Waals surface area contributed by atoms with Gasteiger partial charge in [-0.25, -0.2) is 4.79 Å². The van der Waals surface area contributed by atoms with Crippen LogP contribution in [0.15, 0.2) is 36.4 Å². The first-order chi connectivity index (χ1) is 12.0. The lowest BCUT2D eigenvalue weighted by Crippen LogP contribution is -2.50. The second kappa shape index (κ2) is 7.38. The average molecular weight is 340 g/mol. The van der Waals surface area contributed by atoms with Crippen LogP contribution in [0.4, 0.5) is 22.1 Å². The van der Waals surface area contributed by atoms with Crippen molar-refractivity contribution < 1.29 is 4.79 Å². The predicted octanol–water partition coefficient (Wildman–Crippen LogP) is 2.21. The molecule has 0 bridgehead atoms. The molecule has 1 aromatic heterocycles. The van der Waals surface area contributed by atoms with Gasteiger partial charge >= 0.3 is 6.03 Å². The van der Waals surface area contributed by atoms with Gasteiger partial charge in [-0.1, -0.05) is 18.2 Å². The van der Waals surface area contributed by atoms with Crippen molar-refractivity contribution in [1.29, 1.82) is 0 Å². The van der Waals surface area contributed by atoms with Gasteiger partial charge in [0.2, 0.25) is 0 Å². The molecule has 0 unspecified atom stereocenters. The van der Waals surface area contributed by atoms with Gasteiger partial charge in [0, 0.05) is 46.0 Å². The van der Waals surface area contributed by atoms with Crippen molar-refractivity contribution >= 4 is 23.4 Å². The van der Waals surface area contributed by atoms with Crippen LogP contribution in [0, 0.1) is 6.92 Å². The molecule has 0 spiro atoms. The first-order valence-electron chi connectivity index (χ1n) is 8.42. The van der Waals surface area contributed by atoms with Gasteiger partial charge in [-0.2, -0.15) is 0 Å². The van der Waals surface area contributed by atoms with Gasteiger partial charge < -0.3 is 20.0 Å². The Morgan fingerprint density at radius 3 is 2.36 bits per heavy atom. The molecular formula is C18H24N6O. The summed E-state index contributed by atoms with van der Waals surface area (Å²) < 4.78 is 0. The minimum atomic E-state index is -0.0528. The molecule has 7 heteroatoms. The van der Waals surface area contributed by atoms with Crippen LogP contribution in [0.25, 0.3) is 0 Å². The minimum Gasteiger partial charge on any atom is -0.361 e. The Morgan fingerprint density at radius 1 is 1.04 bits per heavy atom. The van der Waals surface area contributed by atoms with E-state index in [0.29, 0.717) is 13.1 Å². The highest BCUT2D eigenvalue weighted by atomic mass is 16.2. The van der Waals surface area contributed by atoms with Gasteiger partial charge in [-0.15, -0.1) is 10.2 Å². The molecule has 0 saturated carbocycles. The monoisotopic (exact) mass is 340 g/mol. The molecule has 25 heavy (non-hydrogen) atoms. The molecule has 2 heterocycles. The second-order valence-corrected chi connectivity index (χ2v) is 6.36. The number of urea groups is 1. The molecule has 0 atom stereocenters. The number of hydrogen-bond donors (Lipinski definition) is 1. The number of para-hydroxylation sites is 1. The van der Waals surface area contributed by atoms with Crippen LogP contribution in [-0.4, -0.2) is 61.4 Å². The Labute approximate surface area is 148 Å². The molecule has 1 fully saturated rings. The topological polar surface area (TPSA) is 64.6 Å². The number of anilines is 3. The first-order valence-corrected chi connectivity index (χ1v) is 8.42. The summed E-state index contributed by atoms with van der Waals surface area (Å²) in [6.45, 7) is 4.81. The summed E-state index contributed by atoms with van der Waals surface area (Å²) in [6, 6.07) is 11.7. The predicted molar refractivity (Wildman–Crippen MR) is 100 cm³/mol. The van der Waals surface area contributed by atoms with E-state index in [1.54, 1.807) is 0 Å². The quantitative estimate of drug-likeness (QED) is 0.928. The summed E-state index contributed by atoms with van der Waals surface area (Å²) in [4.78, 5) is 18.4. The Balaban J connectivity index is 1.56. The zero-order valence-electron chi connectivity index (χ0n) is 14.9. The summed E-state index contributed by atoms with van der Waals surface area (Å²) in [5.41, 5.74) is 1.92. The Hall–Kier alpha value is -2.83. The fourth-order valence-corrected chi connectivity index (χ4v) is 2.77. The number of piperazine rings is 1. The molecule has 132 valence electrons. The van der Waals surface area contributed by atoms with E-state index in [9.17, 15) is 4.79 Å². The van der Waals surface area contributed by atoms with E-state index >= 15 is 0 Å². The molecule has 2 amide bonds. The Bertz CT molecular complexity index is 723. The molecule has 0 aliphatic carbocycles. The van der Waals surface area contributed by atoms with Gasteiger partial charge in [0.25, 0.3) is 0 Å². The highest BCUT2D eigenvalue weighted by Crippen LogP contribution is 2.17. The van der Waals surface area contributed by atoms with Crippen molar-refractivity contribution in [2.75, 3.05) is 55.4 Å². The van der Waals surface area contributed by atoms with Crippen LogP contribution < -0.4 is 15.1 Å². The maximum atomic E-state index is 12.4. The van der Waals surface area contributed by atoms with E-state index in [1.165, 1.54) is 0 Å². The minimum absolute atomic E-state index is 0.0528. The molecule has 0 radical (unpaired) electrons. The van der Waals surface area contributed by atoms with E-state index in [0.717, 1.165) is 36.0 Å². The number of nitrogens with zero attached hydrogens (tertiary/aromatic N) is 5. The number of nitrogens with one attached hydrogen (secondary N) is 1. The SMILES string of the molecule is Cc1ccccc1NC(=O)N1CCN(c2ccc(N(C)C)nn2)CC1. The van der Waals surface area contributed by atoms with Gasteiger partial charge in [0.05, 0.1) is 0 Å². The number of aromatic nitrogens is 2. The van der Waals surface area contributed by atoms with Crippen LogP contribution in [0.2, 0.25) is 0 Å². The van der Waals surface area contributed by atoms with Gasteiger partial charge in [-0.05, 0) is 30.7 Å². The van der Waals surface area contributed by atoms with Crippen LogP contribution in [0.1, 0.15) is 5.56 Å². The lowest BCUT2D eigenvalue weighted by molar-refractivity contribution is 0.208. The third-order valence-electron chi connectivity index (χ3n) is 4.37. The average Bonchev–Trinajstić information content (AvgIpc) is 2.64. The van der Waals surface area contributed by atoms with Gasteiger partial charge in [0.1, 0.15) is 0 Å². The molecular weight excluding hydrogens is 316 g/mol. The van der Waals surface area contributed by atoms with E-state index in [4.69, 9.17) is 0 Å². The maximum Gasteiger partial charge on any atom is 0.321 e. The number of rotatable bonds is 3. The molecule has 3 rings (SSSR count). The highest BCUT2D eigenvalue weighted by Gasteiger charge is 2.22. The largest absolute Gasteiger partial charge is 0.361 e. The fourth-order valence-electron chi connectivity index (χ4n) is 2.77. The number of amides is 2. The number of carbonyl (C=O) groups excluding carboxylic acids is 1. The van der Waals surface area contributed by atoms with Crippen molar-refractivity contribution in [3.63, 3.8) is 0 Å². The van der Waals surface area contributed by atoms with Gasteiger partial charge in [-0.3, -0.25) is 0 Å². The molecule has 1 aliphatic heterocycles. The first kappa shape index (κ1) is 17.0. The second-order valence-electron chi connectivity index (χ2n) is 6.36.